The van der Waals surface area contributed by atoms with E-state index in [0.29, 0.717) is 24.1 Å². The normalized spacial score (nSPS) is 14.7. The van der Waals surface area contributed by atoms with Crippen LogP contribution in [0.4, 0.5) is 0 Å². The third-order valence-corrected chi connectivity index (χ3v) is 8.14. The molecule has 0 saturated heterocycles. The second kappa shape index (κ2) is 30.8. The van der Waals surface area contributed by atoms with E-state index in [2.05, 4.69) is 55.5 Å². The molecule has 1 N–H and O–H groups in total. The minimum Gasteiger partial charge on any atom is -0.457 e. The van der Waals surface area contributed by atoms with Gasteiger partial charge >= 0.3 is 13.8 Å². The molecule has 46 heavy (non-hydrogen) atoms. The lowest BCUT2D eigenvalue weighted by Crippen LogP contribution is -2.37. The highest BCUT2D eigenvalue weighted by atomic mass is 31.2. The molecular formula is C37H69NO7P+. The molecule has 0 aliphatic carbocycles. The van der Waals surface area contributed by atoms with Gasteiger partial charge in [0.15, 0.2) is 0 Å². The number of rotatable bonds is 32. The minimum atomic E-state index is -4.25. The van der Waals surface area contributed by atoms with Gasteiger partial charge in [-0.25, -0.2) is 4.57 Å². The molecule has 0 aliphatic rings. The first-order valence-electron chi connectivity index (χ1n) is 17.9. The standard InChI is InChI=1S/C37H68NO7P/c1-6-8-10-11-12-13-14-15-16-17-18-19-20-21-22-23-24-25-26-27-28-29-32-42-34-36(45-37(39)30-9-7-2)35-44-46(40,41)43-33-31-38(3,4)5/h8,10,12-13,15-16,18-19,36H,6-7,9,11,14,17,20-35H2,1-5H3/p+1/b10-8-,13-12-,16-15-,19-18-. The van der Waals surface area contributed by atoms with E-state index in [1.807, 2.05) is 28.1 Å². The smallest absolute Gasteiger partial charge is 0.457 e. The first kappa shape index (κ1) is 44.5. The van der Waals surface area contributed by atoms with Gasteiger partial charge in [0.1, 0.15) is 19.3 Å². The van der Waals surface area contributed by atoms with Crippen molar-refractivity contribution in [2.24, 2.45) is 0 Å². The van der Waals surface area contributed by atoms with Crippen LogP contribution in [0.3, 0.4) is 0 Å². The molecule has 0 aromatic rings. The summed E-state index contributed by atoms with van der Waals surface area (Å²) in [5, 5.41) is 0. The quantitative estimate of drug-likeness (QED) is 0.0251. The zero-order valence-corrected chi connectivity index (χ0v) is 30.9. The van der Waals surface area contributed by atoms with Crippen LogP contribution in [0.2, 0.25) is 0 Å². The molecule has 0 bridgehead atoms. The average Bonchev–Trinajstić information content (AvgIpc) is 3.00. The Balaban J connectivity index is 3.91. The van der Waals surface area contributed by atoms with Gasteiger partial charge in [-0.2, -0.15) is 0 Å². The molecule has 0 aromatic carbocycles. The highest BCUT2D eigenvalue weighted by Gasteiger charge is 2.26. The number of quaternary nitrogens is 1. The number of phosphoric acid groups is 1. The molecule has 0 saturated carbocycles. The zero-order valence-electron chi connectivity index (χ0n) is 30.0. The van der Waals surface area contributed by atoms with Gasteiger partial charge in [0, 0.05) is 13.0 Å². The number of phosphoric ester groups is 1. The van der Waals surface area contributed by atoms with Crippen molar-refractivity contribution in [2.75, 3.05) is 54.1 Å². The lowest BCUT2D eigenvalue weighted by molar-refractivity contribution is -0.870. The van der Waals surface area contributed by atoms with Crippen LogP contribution >= 0.6 is 7.82 Å². The molecule has 268 valence electrons. The van der Waals surface area contributed by atoms with E-state index in [-0.39, 0.29) is 25.8 Å². The molecule has 9 heteroatoms. The van der Waals surface area contributed by atoms with Crippen molar-refractivity contribution in [3.63, 3.8) is 0 Å². The Bertz CT molecular complexity index is 879. The Morgan fingerprint density at radius 2 is 1.24 bits per heavy atom. The molecule has 0 aromatic heterocycles. The summed E-state index contributed by atoms with van der Waals surface area (Å²) in [5.41, 5.74) is 0. The molecule has 0 heterocycles. The Hall–Kier alpha value is -1.54. The molecule has 0 rings (SSSR count). The van der Waals surface area contributed by atoms with Crippen LogP contribution in [0.5, 0.6) is 0 Å². The summed E-state index contributed by atoms with van der Waals surface area (Å²) in [5.74, 6) is -0.354. The van der Waals surface area contributed by atoms with Gasteiger partial charge in [0.25, 0.3) is 0 Å². The minimum absolute atomic E-state index is 0.0847. The van der Waals surface area contributed by atoms with E-state index in [0.717, 1.165) is 51.4 Å². The zero-order chi connectivity index (χ0) is 34.2. The maximum Gasteiger partial charge on any atom is 0.472 e. The fraction of sp³-hybridized carbons (Fsp3) is 0.757. The third-order valence-electron chi connectivity index (χ3n) is 7.15. The first-order valence-corrected chi connectivity index (χ1v) is 19.4. The van der Waals surface area contributed by atoms with Crippen LogP contribution in [0, 0.1) is 0 Å². The summed E-state index contributed by atoms with van der Waals surface area (Å²) in [6, 6.07) is 0. The molecule has 0 fully saturated rings. The Labute approximate surface area is 282 Å². The largest absolute Gasteiger partial charge is 0.472 e. The highest BCUT2D eigenvalue weighted by molar-refractivity contribution is 7.47. The van der Waals surface area contributed by atoms with E-state index in [1.54, 1.807) is 0 Å². The van der Waals surface area contributed by atoms with Crippen LogP contribution in [0.25, 0.3) is 0 Å². The lowest BCUT2D eigenvalue weighted by Gasteiger charge is -2.24. The van der Waals surface area contributed by atoms with E-state index in [4.69, 9.17) is 18.5 Å². The van der Waals surface area contributed by atoms with E-state index in [9.17, 15) is 14.3 Å². The van der Waals surface area contributed by atoms with E-state index >= 15 is 0 Å². The second-order valence-corrected chi connectivity index (χ2v) is 14.3. The number of likely N-dealkylation sites (N-methyl/N-ethyl adjacent to an activating group) is 1. The SMILES string of the molecule is CC/C=C\C/C=C\C/C=C\C/C=C\CCCCCCCCCCCOCC(COP(=O)(O)OCC[N+](C)(C)C)OC(=O)CCCC. The maximum absolute atomic E-state index is 12.3. The summed E-state index contributed by atoms with van der Waals surface area (Å²) in [6.07, 6.45) is 35.3. The summed E-state index contributed by atoms with van der Waals surface area (Å²) < 4.78 is 34.3. The van der Waals surface area contributed by atoms with Crippen LogP contribution in [-0.4, -0.2) is 75.6 Å². The summed E-state index contributed by atoms with van der Waals surface area (Å²) in [7, 11) is 1.65. The molecule has 0 amide bonds. The molecular weight excluding hydrogens is 601 g/mol. The molecule has 0 aliphatic heterocycles. The first-order chi connectivity index (χ1) is 22.1. The Kier molecular flexibility index (Phi) is 29.7. The summed E-state index contributed by atoms with van der Waals surface area (Å²) in [6.45, 7) is 5.22. The van der Waals surface area contributed by atoms with Gasteiger partial charge in [-0.1, -0.05) is 114 Å². The molecule has 0 spiro atoms. The van der Waals surface area contributed by atoms with Crippen molar-refractivity contribution >= 4 is 13.8 Å². The number of unbranched alkanes of at least 4 members (excludes halogenated alkanes) is 10. The summed E-state index contributed by atoms with van der Waals surface area (Å²) >= 11 is 0. The van der Waals surface area contributed by atoms with Crippen molar-refractivity contribution in [3.05, 3.63) is 48.6 Å². The fourth-order valence-corrected chi connectivity index (χ4v) is 5.08. The number of esters is 1. The van der Waals surface area contributed by atoms with Gasteiger partial charge in [-0.05, 0) is 51.4 Å². The fourth-order valence-electron chi connectivity index (χ4n) is 4.34. The lowest BCUT2D eigenvalue weighted by atomic mass is 10.1. The number of carbonyl (C=O) groups is 1. The average molecular weight is 671 g/mol. The van der Waals surface area contributed by atoms with E-state index < -0.39 is 13.9 Å². The van der Waals surface area contributed by atoms with Gasteiger partial charge in [-0.15, -0.1) is 0 Å². The van der Waals surface area contributed by atoms with Gasteiger partial charge in [0.2, 0.25) is 0 Å². The van der Waals surface area contributed by atoms with Crippen molar-refractivity contribution in [3.8, 4) is 0 Å². The number of nitrogens with zero attached hydrogens (tertiary/aromatic N) is 1. The number of ether oxygens (including phenoxy) is 2. The number of hydrogen-bond donors (Lipinski definition) is 1. The van der Waals surface area contributed by atoms with Crippen LogP contribution in [-0.2, 0) is 27.9 Å². The highest BCUT2D eigenvalue weighted by Crippen LogP contribution is 2.43. The molecule has 2 atom stereocenters. The van der Waals surface area contributed by atoms with Crippen molar-refractivity contribution in [1.29, 1.82) is 0 Å². The summed E-state index contributed by atoms with van der Waals surface area (Å²) in [4.78, 5) is 22.2. The second-order valence-electron chi connectivity index (χ2n) is 12.9. The van der Waals surface area contributed by atoms with Gasteiger partial charge < -0.3 is 18.9 Å². The Morgan fingerprint density at radius 3 is 1.80 bits per heavy atom. The van der Waals surface area contributed by atoms with Crippen LogP contribution in [0.1, 0.15) is 123 Å². The third kappa shape index (κ3) is 33.8. The topological polar surface area (TPSA) is 91.3 Å². The predicted molar refractivity (Wildman–Crippen MR) is 192 cm³/mol. The molecule has 2 unspecified atom stereocenters. The number of hydrogen-bond acceptors (Lipinski definition) is 6. The van der Waals surface area contributed by atoms with Crippen molar-refractivity contribution < 1.29 is 37.3 Å². The van der Waals surface area contributed by atoms with E-state index in [1.165, 1.54) is 51.4 Å². The van der Waals surface area contributed by atoms with Gasteiger partial charge in [0.05, 0.1) is 34.4 Å². The van der Waals surface area contributed by atoms with Crippen molar-refractivity contribution in [2.45, 2.75) is 129 Å². The number of allylic oxidation sites excluding steroid dienone is 8. The monoisotopic (exact) mass is 670 g/mol. The van der Waals surface area contributed by atoms with Gasteiger partial charge in [-0.3, -0.25) is 13.8 Å². The van der Waals surface area contributed by atoms with Crippen LogP contribution in [0.15, 0.2) is 48.6 Å². The predicted octanol–water partition coefficient (Wildman–Crippen LogP) is 9.65. The molecule has 0 radical (unpaired) electrons. The van der Waals surface area contributed by atoms with Crippen LogP contribution < -0.4 is 0 Å². The number of carbonyl (C=O) groups excluding carboxylic acids is 1. The Morgan fingerprint density at radius 1 is 0.696 bits per heavy atom. The molecule has 8 nitrogen and oxygen atoms in total. The van der Waals surface area contributed by atoms with Crippen molar-refractivity contribution in [1.82, 2.24) is 0 Å². The maximum atomic E-state index is 12.3.